The molecule has 1 heterocycles. The molecule has 0 aliphatic heterocycles. The predicted molar refractivity (Wildman–Crippen MR) is 126 cm³/mol. The van der Waals surface area contributed by atoms with Crippen LogP contribution >= 0.6 is 0 Å². The van der Waals surface area contributed by atoms with E-state index in [9.17, 15) is 19.8 Å². The molecule has 0 saturated carbocycles. The quantitative estimate of drug-likeness (QED) is 0.353. The molecule has 0 saturated heterocycles. The predicted octanol–water partition coefficient (Wildman–Crippen LogP) is 2.86. The van der Waals surface area contributed by atoms with Crippen LogP contribution in [-0.4, -0.2) is 45.5 Å². The number of H-pyrrole nitrogens is 1. The topological polar surface area (TPSA) is 125 Å². The highest BCUT2D eigenvalue weighted by Crippen LogP contribution is 2.44. The van der Waals surface area contributed by atoms with Gasteiger partial charge in [-0.1, -0.05) is 54.6 Å². The van der Waals surface area contributed by atoms with Crippen LogP contribution in [0.3, 0.4) is 0 Å². The maximum Gasteiger partial charge on any atom is 0.407 e. The van der Waals surface area contributed by atoms with E-state index in [1.807, 2.05) is 36.4 Å². The highest BCUT2D eigenvalue weighted by atomic mass is 16.5. The summed E-state index contributed by atoms with van der Waals surface area (Å²) in [6.07, 6.45) is -1.96. The van der Waals surface area contributed by atoms with Crippen molar-refractivity contribution < 1.29 is 19.7 Å². The van der Waals surface area contributed by atoms with Crippen LogP contribution in [0.2, 0.25) is 0 Å². The van der Waals surface area contributed by atoms with Crippen molar-refractivity contribution in [3.63, 3.8) is 0 Å². The minimum Gasteiger partial charge on any atom is -0.449 e. The van der Waals surface area contributed by atoms with Gasteiger partial charge in [0.25, 0.3) is 5.56 Å². The summed E-state index contributed by atoms with van der Waals surface area (Å²) in [6, 6.07) is 20.7. The summed E-state index contributed by atoms with van der Waals surface area (Å²) in [5.74, 6) is -0.0677. The maximum atomic E-state index is 12.3. The summed E-state index contributed by atoms with van der Waals surface area (Å²) in [6.45, 7) is -0.0535. The molecule has 8 heteroatoms. The molecule has 2 unspecified atom stereocenters. The Labute approximate surface area is 194 Å². The van der Waals surface area contributed by atoms with Crippen molar-refractivity contribution in [3.8, 4) is 11.1 Å². The molecule has 0 fully saturated rings. The van der Waals surface area contributed by atoms with Gasteiger partial charge in [0.05, 0.1) is 17.2 Å². The zero-order valence-corrected chi connectivity index (χ0v) is 18.1. The van der Waals surface area contributed by atoms with E-state index in [2.05, 4.69) is 27.4 Å². The molecular formula is C26H23N3O5. The number of aromatic nitrogens is 2. The van der Waals surface area contributed by atoms with Gasteiger partial charge in [0.15, 0.2) is 0 Å². The van der Waals surface area contributed by atoms with Crippen molar-refractivity contribution in [3.05, 3.63) is 100 Å². The molecule has 2 atom stereocenters. The van der Waals surface area contributed by atoms with E-state index in [4.69, 9.17) is 4.74 Å². The number of hydrogen-bond donors (Lipinski definition) is 4. The van der Waals surface area contributed by atoms with Gasteiger partial charge in [-0.15, -0.1) is 0 Å². The molecule has 1 aliphatic rings. The second-order valence-corrected chi connectivity index (χ2v) is 8.23. The number of fused-ring (bicyclic) bond motifs is 4. The minimum absolute atomic E-state index is 0.0677. The number of nitrogens with zero attached hydrogens (tertiary/aromatic N) is 1. The standard InChI is InChI=1S/C26H23N3O5/c30-23(24(31)15-9-10-20-22(11-15)28-14-29-25(20)32)12-27-26(33)34-13-21-18-7-3-1-5-16(18)17-6-2-4-8-19(17)21/h1-11,14,21,23-24,30-31H,12-13H2,(H,27,33)(H,28,29,32). The van der Waals surface area contributed by atoms with E-state index in [0.29, 0.717) is 16.5 Å². The number of rotatable bonds is 6. The fourth-order valence-corrected chi connectivity index (χ4v) is 4.44. The number of ether oxygens (including phenoxy) is 1. The van der Waals surface area contributed by atoms with Gasteiger partial charge in [0.2, 0.25) is 0 Å². The Bertz CT molecular complexity index is 1370. The third kappa shape index (κ3) is 4.05. The highest BCUT2D eigenvalue weighted by molar-refractivity contribution is 5.79. The van der Waals surface area contributed by atoms with Crippen molar-refractivity contribution in [2.24, 2.45) is 0 Å². The normalized spacial score (nSPS) is 14.3. The van der Waals surface area contributed by atoms with Gasteiger partial charge in [-0.3, -0.25) is 4.79 Å². The molecule has 0 radical (unpaired) electrons. The number of aliphatic hydroxyl groups excluding tert-OH is 2. The van der Waals surface area contributed by atoms with Crippen molar-refractivity contribution in [1.29, 1.82) is 0 Å². The Kier molecular flexibility index (Phi) is 5.83. The van der Waals surface area contributed by atoms with Gasteiger partial charge in [0.1, 0.15) is 18.8 Å². The van der Waals surface area contributed by atoms with Crippen molar-refractivity contribution >= 4 is 17.0 Å². The zero-order chi connectivity index (χ0) is 23.7. The molecule has 5 rings (SSSR count). The summed E-state index contributed by atoms with van der Waals surface area (Å²) >= 11 is 0. The van der Waals surface area contributed by atoms with E-state index < -0.39 is 18.3 Å². The van der Waals surface area contributed by atoms with Crippen LogP contribution < -0.4 is 10.9 Å². The second kappa shape index (κ2) is 9.09. The van der Waals surface area contributed by atoms with Crippen molar-refractivity contribution in [1.82, 2.24) is 15.3 Å². The molecule has 1 aromatic heterocycles. The van der Waals surface area contributed by atoms with Gasteiger partial charge < -0.3 is 25.3 Å². The smallest absolute Gasteiger partial charge is 0.407 e. The Hall–Kier alpha value is -4.01. The van der Waals surface area contributed by atoms with Crippen LogP contribution in [0.1, 0.15) is 28.7 Å². The van der Waals surface area contributed by atoms with Crippen LogP contribution in [-0.2, 0) is 4.74 Å². The first-order valence-electron chi connectivity index (χ1n) is 11.0. The van der Waals surface area contributed by atoms with Crippen LogP contribution in [0, 0.1) is 0 Å². The first kappa shape index (κ1) is 21.8. The Balaban J connectivity index is 1.19. The summed E-state index contributed by atoms with van der Waals surface area (Å²) in [7, 11) is 0. The molecule has 1 aliphatic carbocycles. The number of carbonyl (C=O) groups is 1. The van der Waals surface area contributed by atoms with Crippen molar-refractivity contribution in [2.45, 2.75) is 18.1 Å². The molecule has 8 nitrogen and oxygen atoms in total. The zero-order valence-electron chi connectivity index (χ0n) is 18.1. The number of nitrogens with one attached hydrogen (secondary N) is 2. The lowest BCUT2D eigenvalue weighted by Gasteiger charge is -2.19. The summed E-state index contributed by atoms with van der Waals surface area (Å²) in [5, 5.41) is 23.8. The van der Waals surface area contributed by atoms with Crippen LogP contribution in [0.25, 0.3) is 22.0 Å². The SMILES string of the molecule is O=C(NCC(O)C(O)c1ccc2c(=O)[nH]cnc2c1)OCC1c2ccccc2-c2ccccc21. The van der Waals surface area contributed by atoms with E-state index in [1.165, 1.54) is 18.5 Å². The number of amides is 1. The average molecular weight is 457 g/mol. The third-order valence-electron chi connectivity index (χ3n) is 6.17. The van der Waals surface area contributed by atoms with E-state index in [1.54, 1.807) is 6.07 Å². The molecule has 4 aromatic rings. The van der Waals surface area contributed by atoms with Crippen LogP contribution in [0.4, 0.5) is 4.79 Å². The van der Waals surface area contributed by atoms with Gasteiger partial charge in [0, 0.05) is 12.5 Å². The lowest BCUT2D eigenvalue weighted by Crippen LogP contribution is -2.36. The maximum absolute atomic E-state index is 12.3. The second-order valence-electron chi connectivity index (χ2n) is 8.23. The highest BCUT2D eigenvalue weighted by Gasteiger charge is 2.29. The molecule has 1 amide bonds. The molecule has 0 bridgehead atoms. The van der Waals surface area contributed by atoms with E-state index in [-0.39, 0.29) is 24.6 Å². The summed E-state index contributed by atoms with van der Waals surface area (Å²) in [5.41, 5.74) is 4.98. The summed E-state index contributed by atoms with van der Waals surface area (Å²) in [4.78, 5) is 30.7. The number of aromatic amines is 1. The molecular weight excluding hydrogens is 434 g/mol. The van der Waals surface area contributed by atoms with Crippen LogP contribution in [0.15, 0.2) is 77.9 Å². The molecule has 0 spiro atoms. The summed E-state index contributed by atoms with van der Waals surface area (Å²) < 4.78 is 5.46. The van der Waals surface area contributed by atoms with E-state index >= 15 is 0 Å². The molecule has 172 valence electrons. The Morgan fingerprint density at radius 2 is 1.71 bits per heavy atom. The monoisotopic (exact) mass is 457 g/mol. The van der Waals surface area contributed by atoms with Gasteiger partial charge in [-0.2, -0.15) is 0 Å². The fourth-order valence-electron chi connectivity index (χ4n) is 4.44. The molecule has 4 N–H and O–H groups in total. The Morgan fingerprint density at radius 1 is 1.03 bits per heavy atom. The number of hydrogen-bond acceptors (Lipinski definition) is 6. The average Bonchev–Trinajstić information content (AvgIpc) is 3.19. The fraction of sp³-hybridized carbons (Fsp3) is 0.192. The lowest BCUT2D eigenvalue weighted by atomic mass is 9.98. The first-order valence-corrected chi connectivity index (χ1v) is 11.0. The van der Waals surface area contributed by atoms with Gasteiger partial charge in [-0.25, -0.2) is 9.78 Å². The third-order valence-corrected chi connectivity index (χ3v) is 6.17. The first-order chi connectivity index (χ1) is 16.5. The molecule has 3 aromatic carbocycles. The number of aliphatic hydroxyl groups is 2. The Morgan fingerprint density at radius 3 is 2.41 bits per heavy atom. The van der Waals surface area contributed by atoms with E-state index in [0.717, 1.165) is 22.3 Å². The number of alkyl carbamates (subject to hydrolysis) is 1. The van der Waals surface area contributed by atoms with Gasteiger partial charge in [-0.05, 0) is 39.9 Å². The largest absolute Gasteiger partial charge is 0.449 e. The van der Waals surface area contributed by atoms with Gasteiger partial charge >= 0.3 is 6.09 Å². The van der Waals surface area contributed by atoms with Crippen molar-refractivity contribution in [2.75, 3.05) is 13.2 Å². The number of benzene rings is 3. The lowest BCUT2D eigenvalue weighted by molar-refractivity contribution is 0.0186. The number of carbonyl (C=O) groups excluding carboxylic acids is 1. The van der Waals surface area contributed by atoms with Crippen LogP contribution in [0.5, 0.6) is 0 Å². The minimum atomic E-state index is -1.28. The molecule has 34 heavy (non-hydrogen) atoms.